The predicted molar refractivity (Wildman–Crippen MR) is 91.1 cm³/mol. The van der Waals surface area contributed by atoms with E-state index in [9.17, 15) is 4.79 Å². The SMILES string of the molecule is CC(C)(C)ONC1CCCC1C1CCCN1C(=O)OC(C)(C)C. The minimum atomic E-state index is -0.438. The fourth-order valence-electron chi connectivity index (χ4n) is 3.63. The Hall–Kier alpha value is -0.810. The first-order chi connectivity index (χ1) is 10.6. The quantitative estimate of drug-likeness (QED) is 0.800. The number of amides is 1. The molecule has 0 radical (unpaired) electrons. The Morgan fingerprint density at radius 3 is 2.30 bits per heavy atom. The first kappa shape index (κ1) is 18.5. The summed E-state index contributed by atoms with van der Waals surface area (Å²) < 4.78 is 5.60. The number of hydrogen-bond donors (Lipinski definition) is 1. The topological polar surface area (TPSA) is 50.8 Å². The minimum Gasteiger partial charge on any atom is -0.444 e. The van der Waals surface area contributed by atoms with Gasteiger partial charge in [0.2, 0.25) is 0 Å². The molecule has 134 valence electrons. The Morgan fingerprint density at radius 2 is 1.70 bits per heavy atom. The molecule has 1 aliphatic heterocycles. The lowest BCUT2D eigenvalue weighted by molar-refractivity contribution is -0.0967. The summed E-state index contributed by atoms with van der Waals surface area (Å²) >= 11 is 0. The molecular formula is C18H34N2O3. The standard InChI is InChI=1S/C18H34N2O3/c1-17(2,3)22-16(21)20-12-8-11-15(20)13-9-7-10-14(13)19-23-18(4,5)6/h13-15,19H,7-12H2,1-6H3. The van der Waals surface area contributed by atoms with E-state index in [-0.39, 0.29) is 17.7 Å². The average molecular weight is 326 g/mol. The molecule has 1 saturated carbocycles. The number of hydroxylamine groups is 1. The molecular weight excluding hydrogens is 292 g/mol. The van der Waals surface area contributed by atoms with Gasteiger partial charge in [-0.3, -0.25) is 4.84 Å². The van der Waals surface area contributed by atoms with Gasteiger partial charge >= 0.3 is 6.09 Å². The molecule has 1 N–H and O–H groups in total. The minimum absolute atomic E-state index is 0.164. The second kappa shape index (κ2) is 6.98. The maximum atomic E-state index is 12.5. The van der Waals surface area contributed by atoms with E-state index in [2.05, 4.69) is 5.48 Å². The van der Waals surface area contributed by atoms with Crippen LogP contribution in [0.4, 0.5) is 4.79 Å². The molecule has 2 aliphatic rings. The number of hydrogen-bond acceptors (Lipinski definition) is 4. The maximum Gasteiger partial charge on any atom is 0.410 e. The van der Waals surface area contributed by atoms with Gasteiger partial charge in [-0.2, -0.15) is 5.48 Å². The van der Waals surface area contributed by atoms with E-state index in [0.717, 1.165) is 32.2 Å². The van der Waals surface area contributed by atoms with Crippen molar-refractivity contribution >= 4 is 6.09 Å². The Morgan fingerprint density at radius 1 is 1.00 bits per heavy atom. The highest BCUT2D eigenvalue weighted by Crippen LogP contribution is 2.36. The van der Waals surface area contributed by atoms with Gasteiger partial charge in [0, 0.05) is 18.6 Å². The van der Waals surface area contributed by atoms with Gasteiger partial charge in [-0.15, -0.1) is 0 Å². The van der Waals surface area contributed by atoms with Crippen molar-refractivity contribution in [1.29, 1.82) is 0 Å². The van der Waals surface area contributed by atoms with Crippen LogP contribution in [-0.2, 0) is 9.57 Å². The van der Waals surface area contributed by atoms with Crippen molar-refractivity contribution in [2.75, 3.05) is 6.54 Å². The number of ether oxygens (including phenoxy) is 1. The number of carbonyl (C=O) groups is 1. The zero-order chi connectivity index (χ0) is 17.3. The Kier molecular flexibility index (Phi) is 5.62. The molecule has 23 heavy (non-hydrogen) atoms. The van der Waals surface area contributed by atoms with Crippen molar-refractivity contribution in [3.8, 4) is 0 Å². The third-order valence-corrected chi connectivity index (χ3v) is 4.51. The van der Waals surface area contributed by atoms with Gasteiger partial charge in [-0.25, -0.2) is 4.79 Å². The molecule has 0 aromatic carbocycles. The Labute approximate surface area is 141 Å². The van der Waals surface area contributed by atoms with E-state index < -0.39 is 5.60 Å². The Balaban J connectivity index is 1.99. The van der Waals surface area contributed by atoms with E-state index in [1.54, 1.807) is 0 Å². The number of rotatable bonds is 3. The zero-order valence-corrected chi connectivity index (χ0v) is 15.6. The van der Waals surface area contributed by atoms with Crippen molar-refractivity contribution in [2.24, 2.45) is 5.92 Å². The van der Waals surface area contributed by atoms with Crippen molar-refractivity contribution < 1.29 is 14.4 Å². The summed E-state index contributed by atoms with van der Waals surface area (Å²) in [7, 11) is 0. The zero-order valence-electron chi connectivity index (χ0n) is 15.6. The van der Waals surface area contributed by atoms with Gasteiger partial charge in [0.15, 0.2) is 0 Å². The lowest BCUT2D eigenvalue weighted by atomic mass is 9.93. The highest BCUT2D eigenvalue weighted by molar-refractivity contribution is 5.69. The Bertz CT molecular complexity index is 411. The highest BCUT2D eigenvalue weighted by Gasteiger charge is 2.42. The van der Waals surface area contributed by atoms with Crippen LogP contribution >= 0.6 is 0 Å². The van der Waals surface area contributed by atoms with E-state index in [1.165, 1.54) is 6.42 Å². The number of likely N-dealkylation sites (tertiary alicyclic amines) is 1. The van der Waals surface area contributed by atoms with Crippen LogP contribution in [0.1, 0.15) is 73.6 Å². The van der Waals surface area contributed by atoms with Gasteiger partial charge in [-0.05, 0) is 73.1 Å². The maximum absolute atomic E-state index is 12.5. The van der Waals surface area contributed by atoms with Crippen molar-refractivity contribution in [1.82, 2.24) is 10.4 Å². The molecule has 2 fully saturated rings. The van der Waals surface area contributed by atoms with Crippen LogP contribution in [0.3, 0.4) is 0 Å². The fraction of sp³-hybridized carbons (Fsp3) is 0.944. The molecule has 2 rings (SSSR count). The second-order valence-corrected chi connectivity index (χ2v) is 8.92. The molecule has 0 aromatic heterocycles. The van der Waals surface area contributed by atoms with E-state index in [0.29, 0.717) is 12.0 Å². The van der Waals surface area contributed by atoms with E-state index >= 15 is 0 Å². The molecule has 3 atom stereocenters. The molecule has 1 heterocycles. The molecule has 5 heteroatoms. The normalized spacial score (nSPS) is 29.1. The number of carbonyl (C=O) groups excluding carboxylic acids is 1. The van der Waals surface area contributed by atoms with E-state index in [4.69, 9.17) is 9.57 Å². The summed E-state index contributed by atoms with van der Waals surface area (Å²) in [4.78, 5) is 20.3. The number of nitrogens with zero attached hydrogens (tertiary/aromatic N) is 1. The predicted octanol–water partition coefficient (Wildman–Crippen LogP) is 3.87. The van der Waals surface area contributed by atoms with Crippen LogP contribution in [0.15, 0.2) is 0 Å². The molecule has 0 bridgehead atoms. The largest absolute Gasteiger partial charge is 0.444 e. The molecule has 5 nitrogen and oxygen atoms in total. The van der Waals surface area contributed by atoms with Gasteiger partial charge in [0.05, 0.1) is 5.60 Å². The lowest BCUT2D eigenvalue weighted by Gasteiger charge is -2.35. The summed E-state index contributed by atoms with van der Waals surface area (Å²) in [6.07, 6.45) is 5.41. The van der Waals surface area contributed by atoms with Crippen LogP contribution in [0, 0.1) is 5.92 Å². The second-order valence-electron chi connectivity index (χ2n) is 8.92. The van der Waals surface area contributed by atoms with Gasteiger partial charge < -0.3 is 9.64 Å². The summed E-state index contributed by atoms with van der Waals surface area (Å²) in [6, 6.07) is 0.593. The van der Waals surface area contributed by atoms with E-state index in [1.807, 2.05) is 46.4 Å². The number of nitrogens with one attached hydrogen (secondary N) is 1. The first-order valence-corrected chi connectivity index (χ1v) is 9.00. The van der Waals surface area contributed by atoms with Crippen LogP contribution in [0.2, 0.25) is 0 Å². The molecule has 0 spiro atoms. The third-order valence-electron chi connectivity index (χ3n) is 4.51. The van der Waals surface area contributed by atoms with Gasteiger partial charge in [0.25, 0.3) is 0 Å². The van der Waals surface area contributed by atoms with Gasteiger partial charge in [-0.1, -0.05) is 6.42 Å². The highest BCUT2D eigenvalue weighted by atomic mass is 16.7. The van der Waals surface area contributed by atoms with Crippen molar-refractivity contribution in [3.05, 3.63) is 0 Å². The smallest absolute Gasteiger partial charge is 0.410 e. The summed E-state index contributed by atoms with van der Waals surface area (Å²) in [5.74, 6) is 0.451. The van der Waals surface area contributed by atoms with Crippen LogP contribution in [-0.4, -0.2) is 40.8 Å². The monoisotopic (exact) mass is 326 g/mol. The molecule has 0 aromatic rings. The third kappa shape index (κ3) is 5.35. The van der Waals surface area contributed by atoms with Crippen molar-refractivity contribution in [2.45, 2.75) is 96.9 Å². The van der Waals surface area contributed by atoms with Crippen LogP contribution in [0.5, 0.6) is 0 Å². The van der Waals surface area contributed by atoms with Crippen LogP contribution in [0.25, 0.3) is 0 Å². The summed E-state index contributed by atoms with van der Waals surface area (Å²) in [5, 5.41) is 0. The summed E-state index contributed by atoms with van der Waals surface area (Å²) in [5.41, 5.74) is 2.64. The molecule has 1 amide bonds. The lowest BCUT2D eigenvalue weighted by Crippen LogP contribution is -2.48. The molecule has 1 saturated heterocycles. The van der Waals surface area contributed by atoms with Crippen molar-refractivity contribution in [3.63, 3.8) is 0 Å². The molecule has 1 aliphatic carbocycles. The first-order valence-electron chi connectivity index (χ1n) is 9.00. The summed E-state index contributed by atoms with van der Waals surface area (Å²) in [6.45, 7) is 12.7. The van der Waals surface area contributed by atoms with Crippen LogP contribution < -0.4 is 5.48 Å². The average Bonchev–Trinajstić information content (AvgIpc) is 3.01. The fourth-order valence-corrected chi connectivity index (χ4v) is 3.63. The molecule has 3 unspecified atom stereocenters. The van der Waals surface area contributed by atoms with Gasteiger partial charge in [0.1, 0.15) is 5.60 Å².